The molecule has 0 bridgehead atoms. The van der Waals surface area contributed by atoms with Gasteiger partial charge in [0, 0.05) is 29.6 Å². The normalized spacial score (nSPS) is 8.78. The first kappa shape index (κ1) is 12.4. The molecular weight excluding hydrogens is 161 g/mol. The molecule has 0 rings (SSSR count). The summed E-state index contributed by atoms with van der Waals surface area (Å²) >= 11 is 0.106. The first-order chi connectivity index (χ1) is 3.63. The molecule has 0 aromatic heterocycles. The Labute approximate surface area is 77.3 Å². The number of carbonyl (C=O) groups is 1. The van der Waals surface area contributed by atoms with Crippen LogP contribution < -0.4 is 0 Å². The van der Waals surface area contributed by atoms with Gasteiger partial charge in [0.25, 0.3) is 5.76 Å². The Morgan fingerprint density at radius 1 is 1.67 bits per heavy atom. The first-order valence-corrected chi connectivity index (χ1v) is 2.79. The molecule has 0 aliphatic rings. The van der Waals surface area contributed by atoms with Gasteiger partial charge in [0.2, 0.25) is 0 Å². The second kappa shape index (κ2) is 6.80. The van der Waals surface area contributed by atoms with Crippen LogP contribution in [0.3, 0.4) is 0 Å². The van der Waals surface area contributed by atoms with Gasteiger partial charge in [0.15, 0.2) is 0 Å². The molecule has 0 fully saturated rings. The van der Waals surface area contributed by atoms with Crippen LogP contribution in [0.25, 0.3) is 0 Å². The predicted molar refractivity (Wildman–Crippen MR) is 31.9 cm³/mol. The van der Waals surface area contributed by atoms with Crippen molar-refractivity contribution in [2.75, 3.05) is 5.75 Å². The number of carboxylic acids is 1. The molecule has 0 atom stereocenters. The number of carboxylic acid groups (broad SMARTS) is 1. The van der Waals surface area contributed by atoms with E-state index in [-0.39, 0.29) is 41.3 Å². The molecule has 0 aromatic rings. The number of hydrogen-bond donors (Lipinski definition) is 1. The van der Waals surface area contributed by atoms with Crippen LogP contribution in [0.15, 0.2) is 0 Å². The van der Waals surface area contributed by atoms with Gasteiger partial charge >= 0.3 is 5.97 Å². The van der Waals surface area contributed by atoms with Gasteiger partial charge in [0.05, 0.1) is 5.75 Å². The van der Waals surface area contributed by atoms with Crippen molar-refractivity contribution in [2.45, 2.75) is 5.76 Å². The fraction of sp³-hybridized carbons (Fsp3) is 0.667. The Kier molecular flexibility index (Phi) is 9.34. The van der Waals surface area contributed by atoms with E-state index in [0.29, 0.717) is 0 Å². The topological polar surface area (TPSA) is 37.3 Å². The van der Waals surface area contributed by atoms with E-state index in [1.807, 2.05) is 0 Å². The zero-order valence-corrected chi connectivity index (χ0v) is 7.62. The van der Waals surface area contributed by atoms with Gasteiger partial charge in [-0.1, -0.05) is 11.8 Å². The average Bonchev–Trinajstić information content (AvgIpc) is 1.61. The van der Waals surface area contributed by atoms with E-state index in [1.54, 1.807) is 0 Å². The van der Waals surface area contributed by atoms with Gasteiger partial charge in [-0.2, -0.15) is 8.78 Å². The Balaban J connectivity index is 0. The number of alkyl halides is 2. The maximum absolute atomic E-state index is 11.1. The molecule has 1 radical (unpaired) electrons. The van der Waals surface area contributed by atoms with E-state index in [0.717, 1.165) is 0 Å². The maximum atomic E-state index is 11.1. The van der Waals surface area contributed by atoms with E-state index < -0.39 is 17.5 Å². The van der Waals surface area contributed by atoms with Crippen molar-refractivity contribution in [1.82, 2.24) is 0 Å². The first-order valence-electron chi connectivity index (χ1n) is 1.74. The van der Waals surface area contributed by atoms with Gasteiger partial charge in [-0.25, -0.2) is 0 Å². The minimum absolute atomic E-state index is 0. The molecule has 9 heavy (non-hydrogen) atoms. The van der Waals surface area contributed by atoms with E-state index >= 15 is 0 Å². The summed E-state index contributed by atoms with van der Waals surface area (Å²) in [6.45, 7) is 0. The quantitative estimate of drug-likeness (QED) is 0.624. The Morgan fingerprint density at radius 2 is 2.11 bits per heavy atom. The summed E-state index contributed by atoms with van der Waals surface area (Å²) in [4.78, 5) is 9.55. The van der Waals surface area contributed by atoms with Crippen molar-refractivity contribution in [3.8, 4) is 0 Å². The van der Waals surface area contributed by atoms with E-state index in [2.05, 4.69) is 0 Å². The molecular formula is C3H4F2NaO2S. The van der Waals surface area contributed by atoms with Crippen molar-refractivity contribution in [3.63, 3.8) is 0 Å². The van der Waals surface area contributed by atoms with Crippen LogP contribution in [0.1, 0.15) is 0 Å². The van der Waals surface area contributed by atoms with Gasteiger partial charge in [-0.3, -0.25) is 4.79 Å². The van der Waals surface area contributed by atoms with Crippen LogP contribution in [0, 0.1) is 0 Å². The average molecular weight is 165 g/mol. The zero-order chi connectivity index (χ0) is 6.57. The maximum Gasteiger partial charge on any atom is 0.313 e. The number of rotatable bonds is 3. The van der Waals surface area contributed by atoms with Crippen molar-refractivity contribution >= 4 is 47.3 Å². The number of hydrogen-bond acceptors (Lipinski definition) is 2. The molecule has 0 heterocycles. The van der Waals surface area contributed by atoms with Crippen molar-refractivity contribution in [1.29, 1.82) is 0 Å². The van der Waals surface area contributed by atoms with Crippen LogP contribution >= 0.6 is 11.8 Å². The Morgan fingerprint density at radius 3 is 2.22 bits per heavy atom. The van der Waals surface area contributed by atoms with Crippen LogP contribution in [-0.2, 0) is 4.79 Å². The number of thioether (sulfide) groups is 1. The van der Waals surface area contributed by atoms with Gasteiger partial charge in [-0.05, 0) is 0 Å². The third-order valence-corrected chi connectivity index (χ3v) is 0.998. The van der Waals surface area contributed by atoms with Gasteiger partial charge in [0.1, 0.15) is 0 Å². The third-order valence-electron chi connectivity index (χ3n) is 0.333. The van der Waals surface area contributed by atoms with Gasteiger partial charge < -0.3 is 5.11 Å². The molecule has 49 valence electrons. The molecule has 0 aliphatic carbocycles. The third kappa shape index (κ3) is 12.0. The molecule has 1 N–H and O–H groups in total. The van der Waals surface area contributed by atoms with E-state index in [1.165, 1.54) is 0 Å². The van der Waals surface area contributed by atoms with Crippen LogP contribution in [-0.4, -0.2) is 52.1 Å². The van der Waals surface area contributed by atoms with Crippen LogP contribution in [0.2, 0.25) is 0 Å². The van der Waals surface area contributed by atoms with Crippen molar-refractivity contribution < 1.29 is 18.7 Å². The molecule has 0 unspecified atom stereocenters. The van der Waals surface area contributed by atoms with Crippen LogP contribution in [0.4, 0.5) is 8.78 Å². The van der Waals surface area contributed by atoms with E-state index in [9.17, 15) is 13.6 Å². The minimum atomic E-state index is -2.58. The second-order valence-corrected chi connectivity index (χ2v) is 1.94. The summed E-state index contributed by atoms with van der Waals surface area (Å²) in [6, 6.07) is 0. The second-order valence-electron chi connectivity index (χ2n) is 0.965. The monoisotopic (exact) mass is 165 g/mol. The molecule has 2 nitrogen and oxygen atoms in total. The molecule has 0 aromatic carbocycles. The summed E-state index contributed by atoms with van der Waals surface area (Å²) in [6.07, 6.45) is 0. The molecule has 0 spiro atoms. The molecule has 6 heteroatoms. The fourth-order valence-electron chi connectivity index (χ4n) is 0.134. The number of aliphatic carboxylic acids is 1. The summed E-state index contributed by atoms with van der Waals surface area (Å²) in [5, 5.41) is 7.81. The predicted octanol–water partition coefficient (Wildman–Crippen LogP) is 0.646. The van der Waals surface area contributed by atoms with Crippen molar-refractivity contribution in [3.05, 3.63) is 0 Å². The van der Waals surface area contributed by atoms with Crippen LogP contribution in [0.5, 0.6) is 0 Å². The Bertz CT molecular complexity index is 89.9. The molecule has 0 saturated heterocycles. The molecule has 0 saturated carbocycles. The standard InChI is InChI=1S/C3H4F2O2S.Na/c4-3(5)8-1-2(6)7;/h3H,1H2,(H,6,7);. The van der Waals surface area contributed by atoms with Crippen molar-refractivity contribution in [2.24, 2.45) is 0 Å². The number of halogens is 2. The summed E-state index contributed by atoms with van der Waals surface area (Å²) in [5.74, 6) is -4.32. The van der Waals surface area contributed by atoms with E-state index in [4.69, 9.17) is 5.11 Å². The SMILES string of the molecule is O=C(O)CSC(F)F.[Na]. The summed E-state index contributed by atoms with van der Waals surface area (Å²) in [7, 11) is 0. The largest absolute Gasteiger partial charge is 0.481 e. The summed E-state index contributed by atoms with van der Waals surface area (Å²) in [5.41, 5.74) is 0. The van der Waals surface area contributed by atoms with Gasteiger partial charge in [-0.15, -0.1) is 0 Å². The minimum Gasteiger partial charge on any atom is -0.481 e. The summed E-state index contributed by atoms with van der Waals surface area (Å²) < 4.78 is 22.2. The fourth-order valence-corrected chi connectivity index (χ4v) is 0.403. The smallest absolute Gasteiger partial charge is 0.313 e. The zero-order valence-electron chi connectivity index (χ0n) is 4.80. The molecule has 0 amide bonds. The molecule has 0 aliphatic heterocycles. The Hall–Kier alpha value is 0.680.